The van der Waals surface area contributed by atoms with Crippen molar-refractivity contribution < 1.29 is 4.39 Å². The molecule has 1 N–H and O–H groups in total. The van der Waals surface area contributed by atoms with Gasteiger partial charge < -0.3 is 9.55 Å². The third kappa shape index (κ3) is 2.21. The second kappa shape index (κ2) is 4.82. The summed E-state index contributed by atoms with van der Waals surface area (Å²) in [6.45, 7) is 6.73. The Morgan fingerprint density at radius 2 is 1.95 bits per heavy atom. The zero-order valence-electron chi connectivity index (χ0n) is 11.6. The van der Waals surface area contributed by atoms with Crippen LogP contribution >= 0.6 is 23.6 Å². The molecule has 20 heavy (non-hydrogen) atoms. The Hall–Kier alpha value is -1.46. The molecule has 0 aliphatic heterocycles. The minimum Gasteiger partial charge on any atom is -0.330 e. The van der Waals surface area contributed by atoms with Gasteiger partial charge in [0.25, 0.3) is 0 Å². The normalized spacial score (nSPS) is 11.4. The van der Waals surface area contributed by atoms with Crippen LogP contribution in [0, 0.1) is 31.4 Å². The first kappa shape index (κ1) is 13.5. The van der Waals surface area contributed by atoms with Crippen LogP contribution in [0.4, 0.5) is 4.39 Å². The van der Waals surface area contributed by atoms with Crippen molar-refractivity contribution in [3.63, 3.8) is 0 Å². The number of imidazole rings is 1. The molecule has 5 heteroatoms. The van der Waals surface area contributed by atoms with Gasteiger partial charge in [0.2, 0.25) is 0 Å². The summed E-state index contributed by atoms with van der Waals surface area (Å²) in [4.78, 5) is 5.67. The number of aryl methyl sites for hydroxylation is 3. The summed E-state index contributed by atoms with van der Waals surface area (Å²) >= 11 is 7.15. The molecule has 0 saturated carbocycles. The Bertz CT molecular complexity index is 835. The van der Waals surface area contributed by atoms with Gasteiger partial charge in [-0.2, -0.15) is 0 Å². The molecular weight excluding hydrogens is 291 g/mol. The number of nitrogens with zero attached hydrogens (tertiary/aromatic N) is 1. The van der Waals surface area contributed by atoms with Gasteiger partial charge in [-0.1, -0.05) is 0 Å². The predicted molar refractivity (Wildman–Crippen MR) is 84.7 cm³/mol. The molecule has 0 spiro atoms. The van der Waals surface area contributed by atoms with Crippen molar-refractivity contribution in [2.24, 2.45) is 0 Å². The smallest absolute Gasteiger partial charge is 0.178 e. The second-order valence-electron chi connectivity index (χ2n) is 5.09. The first-order valence-electron chi connectivity index (χ1n) is 6.40. The molecule has 2 heterocycles. The van der Waals surface area contributed by atoms with Crippen LogP contribution in [0.3, 0.4) is 0 Å². The lowest BCUT2D eigenvalue weighted by molar-refractivity contribution is 0.620. The number of rotatable bonds is 2. The van der Waals surface area contributed by atoms with Gasteiger partial charge in [-0.05, 0) is 62.3 Å². The van der Waals surface area contributed by atoms with E-state index < -0.39 is 0 Å². The first-order valence-corrected chi connectivity index (χ1v) is 7.63. The molecule has 0 unspecified atom stereocenters. The number of fused-ring (bicyclic) bond motifs is 1. The highest BCUT2D eigenvalue weighted by Gasteiger charge is 2.10. The molecule has 0 amide bonds. The molecule has 0 radical (unpaired) electrons. The van der Waals surface area contributed by atoms with Gasteiger partial charge in [0.1, 0.15) is 5.82 Å². The Morgan fingerprint density at radius 3 is 2.60 bits per heavy atom. The molecule has 0 fully saturated rings. The number of H-pyrrole nitrogens is 1. The SMILES string of the molecule is Cc1cc2c(cc1F)[nH]c(=S)n2Cc1cc(C)c(C)s1. The predicted octanol–water partition coefficient (Wildman–Crippen LogP) is 4.87. The van der Waals surface area contributed by atoms with Crippen molar-refractivity contribution in [3.05, 3.63) is 49.7 Å². The van der Waals surface area contributed by atoms with Crippen LogP contribution < -0.4 is 0 Å². The Balaban J connectivity index is 2.13. The third-order valence-electron chi connectivity index (χ3n) is 3.59. The molecule has 0 aliphatic rings. The van der Waals surface area contributed by atoms with E-state index in [-0.39, 0.29) is 5.82 Å². The summed E-state index contributed by atoms with van der Waals surface area (Å²) in [7, 11) is 0. The average Bonchev–Trinajstić information content (AvgIpc) is 2.83. The van der Waals surface area contributed by atoms with E-state index in [0.717, 1.165) is 17.6 Å². The van der Waals surface area contributed by atoms with E-state index in [1.807, 2.05) is 10.6 Å². The maximum absolute atomic E-state index is 13.6. The van der Waals surface area contributed by atoms with Crippen LogP contribution in [0.2, 0.25) is 0 Å². The number of aromatic amines is 1. The summed E-state index contributed by atoms with van der Waals surface area (Å²) in [6, 6.07) is 5.56. The molecule has 0 saturated heterocycles. The lowest BCUT2D eigenvalue weighted by Crippen LogP contribution is -1.98. The Kier molecular flexibility index (Phi) is 3.26. The van der Waals surface area contributed by atoms with E-state index in [1.54, 1.807) is 18.3 Å². The number of aromatic nitrogens is 2. The fourth-order valence-corrected chi connectivity index (χ4v) is 3.64. The van der Waals surface area contributed by atoms with Crippen LogP contribution in [0.25, 0.3) is 11.0 Å². The van der Waals surface area contributed by atoms with Crippen LogP contribution in [-0.4, -0.2) is 9.55 Å². The summed E-state index contributed by atoms with van der Waals surface area (Å²) in [5, 5.41) is 0. The summed E-state index contributed by atoms with van der Waals surface area (Å²) in [5.74, 6) is -0.205. The maximum atomic E-state index is 13.6. The zero-order chi connectivity index (χ0) is 14.4. The number of benzene rings is 1. The minimum absolute atomic E-state index is 0.205. The molecular formula is C15H15FN2S2. The van der Waals surface area contributed by atoms with Gasteiger partial charge in [0, 0.05) is 9.75 Å². The monoisotopic (exact) mass is 306 g/mol. The summed E-state index contributed by atoms with van der Waals surface area (Å²) in [6.07, 6.45) is 0. The average molecular weight is 306 g/mol. The molecule has 0 bridgehead atoms. The fourth-order valence-electron chi connectivity index (χ4n) is 2.32. The molecule has 0 aliphatic carbocycles. The standard InChI is InChI=1S/C15H15FN2S2/c1-8-4-11(20-10(8)3)7-18-14-5-9(2)12(16)6-13(14)17-15(18)19/h4-6H,7H2,1-3H3,(H,17,19). The van der Waals surface area contributed by atoms with Crippen LogP contribution in [0.1, 0.15) is 20.9 Å². The summed E-state index contributed by atoms with van der Waals surface area (Å²) < 4.78 is 16.3. The van der Waals surface area contributed by atoms with Crippen molar-refractivity contribution in [1.29, 1.82) is 0 Å². The number of hydrogen-bond acceptors (Lipinski definition) is 2. The molecule has 104 valence electrons. The lowest BCUT2D eigenvalue weighted by Gasteiger charge is -2.03. The molecule has 2 nitrogen and oxygen atoms in total. The van der Waals surface area contributed by atoms with Gasteiger partial charge in [0.15, 0.2) is 4.77 Å². The van der Waals surface area contributed by atoms with Crippen molar-refractivity contribution in [1.82, 2.24) is 9.55 Å². The van der Waals surface area contributed by atoms with E-state index in [9.17, 15) is 4.39 Å². The number of halogens is 1. The Morgan fingerprint density at radius 1 is 1.20 bits per heavy atom. The van der Waals surface area contributed by atoms with Gasteiger partial charge in [-0.15, -0.1) is 11.3 Å². The van der Waals surface area contributed by atoms with Crippen LogP contribution in [0.15, 0.2) is 18.2 Å². The van der Waals surface area contributed by atoms with E-state index in [2.05, 4.69) is 24.9 Å². The van der Waals surface area contributed by atoms with E-state index >= 15 is 0 Å². The van der Waals surface area contributed by atoms with E-state index in [0.29, 0.717) is 10.3 Å². The highest BCUT2D eigenvalue weighted by molar-refractivity contribution is 7.71. The highest BCUT2D eigenvalue weighted by atomic mass is 32.1. The second-order valence-corrected chi connectivity index (χ2v) is 6.81. The van der Waals surface area contributed by atoms with Gasteiger partial charge >= 0.3 is 0 Å². The number of nitrogens with one attached hydrogen (secondary N) is 1. The van der Waals surface area contributed by atoms with Crippen LogP contribution in [-0.2, 0) is 6.54 Å². The fraction of sp³-hybridized carbons (Fsp3) is 0.267. The third-order valence-corrected chi connectivity index (χ3v) is 5.05. The van der Waals surface area contributed by atoms with Crippen molar-refractivity contribution >= 4 is 34.6 Å². The Labute approximate surface area is 125 Å². The lowest BCUT2D eigenvalue weighted by atomic mass is 10.2. The topological polar surface area (TPSA) is 20.7 Å². The van der Waals surface area contributed by atoms with Crippen LogP contribution in [0.5, 0.6) is 0 Å². The van der Waals surface area contributed by atoms with Gasteiger partial charge in [-0.3, -0.25) is 0 Å². The van der Waals surface area contributed by atoms with Gasteiger partial charge in [-0.25, -0.2) is 4.39 Å². The first-order chi connectivity index (χ1) is 9.45. The molecule has 3 rings (SSSR count). The largest absolute Gasteiger partial charge is 0.330 e. The van der Waals surface area contributed by atoms with Gasteiger partial charge in [0.05, 0.1) is 17.6 Å². The van der Waals surface area contributed by atoms with Crippen molar-refractivity contribution in [3.8, 4) is 0 Å². The molecule has 0 atom stereocenters. The maximum Gasteiger partial charge on any atom is 0.178 e. The quantitative estimate of drug-likeness (QED) is 0.670. The molecule has 1 aromatic carbocycles. The number of thiophene rings is 1. The number of hydrogen-bond donors (Lipinski definition) is 1. The van der Waals surface area contributed by atoms with E-state index in [4.69, 9.17) is 12.2 Å². The zero-order valence-corrected chi connectivity index (χ0v) is 13.2. The molecule has 2 aromatic heterocycles. The summed E-state index contributed by atoms with van der Waals surface area (Å²) in [5.41, 5.74) is 3.65. The minimum atomic E-state index is -0.205. The van der Waals surface area contributed by atoms with E-state index in [1.165, 1.54) is 21.4 Å². The van der Waals surface area contributed by atoms with Crippen molar-refractivity contribution in [2.45, 2.75) is 27.3 Å². The highest BCUT2D eigenvalue weighted by Crippen LogP contribution is 2.24. The van der Waals surface area contributed by atoms with Crippen molar-refractivity contribution in [2.75, 3.05) is 0 Å². The molecule has 3 aromatic rings.